The van der Waals surface area contributed by atoms with Crippen LogP contribution in [0.15, 0.2) is 0 Å². The molecule has 0 radical (unpaired) electrons. The van der Waals surface area contributed by atoms with Crippen LogP contribution in [0.2, 0.25) is 0 Å². The number of rotatable bonds is 6. The van der Waals surface area contributed by atoms with Crippen LogP contribution in [0.5, 0.6) is 0 Å². The monoisotopic (exact) mass is 281 g/mol. The van der Waals surface area contributed by atoms with Gasteiger partial charge >= 0.3 is 0 Å². The highest BCUT2D eigenvalue weighted by Gasteiger charge is 2.39. The van der Waals surface area contributed by atoms with Gasteiger partial charge in [0.15, 0.2) is 0 Å². The molecule has 0 atom stereocenters. The normalized spacial score (nSPS) is 31.8. The Bertz CT molecular complexity index is 293. The van der Waals surface area contributed by atoms with Crippen molar-refractivity contribution in [1.29, 1.82) is 0 Å². The zero-order valence-electron chi connectivity index (χ0n) is 14.3. The molecule has 0 aromatic heterocycles. The average Bonchev–Trinajstić information content (AvgIpc) is 3.18. The maximum absolute atomic E-state index is 6.46. The summed E-state index contributed by atoms with van der Waals surface area (Å²) < 4.78 is 6.46. The van der Waals surface area contributed by atoms with Crippen molar-refractivity contribution in [2.24, 2.45) is 17.8 Å². The smallest absolute Gasteiger partial charge is 0.0806 e. The fourth-order valence-electron chi connectivity index (χ4n) is 3.21. The van der Waals surface area contributed by atoms with E-state index in [4.69, 9.17) is 4.74 Å². The van der Waals surface area contributed by atoms with E-state index in [0.717, 1.165) is 30.9 Å². The first-order valence-corrected chi connectivity index (χ1v) is 8.69. The van der Waals surface area contributed by atoms with Gasteiger partial charge in [-0.1, -0.05) is 13.8 Å². The molecule has 0 bridgehead atoms. The van der Waals surface area contributed by atoms with E-state index in [0.29, 0.717) is 0 Å². The molecule has 0 saturated heterocycles. The Morgan fingerprint density at radius 1 is 1.10 bits per heavy atom. The van der Waals surface area contributed by atoms with Crippen molar-refractivity contribution >= 4 is 0 Å². The first-order chi connectivity index (χ1) is 9.30. The highest BCUT2D eigenvalue weighted by atomic mass is 16.5. The van der Waals surface area contributed by atoms with Gasteiger partial charge in [0.2, 0.25) is 0 Å². The zero-order valence-corrected chi connectivity index (χ0v) is 14.3. The molecule has 2 saturated carbocycles. The van der Waals surface area contributed by atoms with E-state index in [-0.39, 0.29) is 11.1 Å². The maximum atomic E-state index is 6.46. The summed E-state index contributed by atoms with van der Waals surface area (Å²) in [5.41, 5.74) is 0.298. The Morgan fingerprint density at radius 3 is 2.15 bits per heavy atom. The van der Waals surface area contributed by atoms with E-state index in [1.165, 1.54) is 38.5 Å². The molecule has 0 unspecified atom stereocenters. The van der Waals surface area contributed by atoms with Crippen LogP contribution in [0.3, 0.4) is 0 Å². The Balaban J connectivity index is 1.89. The quantitative estimate of drug-likeness (QED) is 0.780. The number of hydrogen-bond acceptors (Lipinski definition) is 2. The van der Waals surface area contributed by atoms with E-state index in [1.54, 1.807) is 0 Å². The Hall–Kier alpha value is -0.0800. The van der Waals surface area contributed by atoms with Gasteiger partial charge in [-0.3, -0.25) is 0 Å². The van der Waals surface area contributed by atoms with Crippen molar-refractivity contribution in [3.05, 3.63) is 0 Å². The molecule has 0 spiro atoms. The topological polar surface area (TPSA) is 21.3 Å². The molecule has 118 valence electrons. The van der Waals surface area contributed by atoms with Crippen molar-refractivity contribution < 1.29 is 4.74 Å². The molecule has 2 rings (SSSR count). The summed E-state index contributed by atoms with van der Waals surface area (Å²) in [6, 6.07) is 0. The lowest BCUT2D eigenvalue weighted by molar-refractivity contribution is -0.0859. The Labute approximate surface area is 126 Å². The van der Waals surface area contributed by atoms with Crippen molar-refractivity contribution in [3.63, 3.8) is 0 Å². The molecule has 2 fully saturated rings. The second-order valence-electron chi connectivity index (χ2n) is 8.62. The number of ether oxygens (including phenoxy) is 1. The number of hydrogen-bond donors (Lipinski definition) is 1. The molecular formula is C18H35NO. The molecule has 2 aliphatic rings. The van der Waals surface area contributed by atoms with Crippen LogP contribution in [0.25, 0.3) is 0 Å². The SMILES string of the molecule is CC(C)C1CCC(CNC(C)(C)C)(OCC2CC2)CC1. The van der Waals surface area contributed by atoms with Gasteiger partial charge in [-0.2, -0.15) is 0 Å². The van der Waals surface area contributed by atoms with Crippen LogP contribution in [0, 0.1) is 17.8 Å². The molecule has 20 heavy (non-hydrogen) atoms. The molecule has 2 aliphatic carbocycles. The highest BCUT2D eigenvalue weighted by molar-refractivity contribution is 4.92. The molecule has 0 heterocycles. The third-order valence-corrected chi connectivity index (χ3v) is 5.15. The fourth-order valence-corrected chi connectivity index (χ4v) is 3.21. The van der Waals surface area contributed by atoms with Gasteiger partial charge in [-0.15, -0.1) is 0 Å². The summed E-state index contributed by atoms with van der Waals surface area (Å²) in [7, 11) is 0. The minimum atomic E-state index is 0.112. The van der Waals surface area contributed by atoms with Gasteiger partial charge in [0.1, 0.15) is 0 Å². The standard InChI is InChI=1S/C18H35NO/c1-14(2)16-8-10-18(11-9-16,13-19-17(3,4)5)20-12-15-6-7-15/h14-16,19H,6-13H2,1-5H3. The van der Waals surface area contributed by atoms with Crippen molar-refractivity contribution in [3.8, 4) is 0 Å². The van der Waals surface area contributed by atoms with E-state index < -0.39 is 0 Å². The van der Waals surface area contributed by atoms with E-state index in [2.05, 4.69) is 39.9 Å². The average molecular weight is 281 g/mol. The number of nitrogens with one attached hydrogen (secondary N) is 1. The van der Waals surface area contributed by atoms with Gasteiger partial charge in [0, 0.05) is 12.1 Å². The van der Waals surface area contributed by atoms with Crippen LogP contribution < -0.4 is 5.32 Å². The van der Waals surface area contributed by atoms with Crippen LogP contribution >= 0.6 is 0 Å². The van der Waals surface area contributed by atoms with Gasteiger partial charge in [-0.25, -0.2) is 0 Å². The molecule has 0 aromatic carbocycles. The molecule has 1 N–H and O–H groups in total. The molecule has 2 heteroatoms. The summed E-state index contributed by atoms with van der Waals surface area (Å²) in [6.45, 7) is 13.5. The van der Waals surface area contributed by atoms with E-state index in [9.17, 15) is 0 Å². The lowest BCUT2D eigenvalue weighted by Gasteiger charge is -2.43. The minimum absolute atomic E-state index is 0.112. The predicted molar refractivity (Wildman–Crippen MR) is 86.0 cm³/mol. The molecule has 2 nitrogen and oxygen atoms in total. The van der Waals surface area contributed by atoms with Crippen LogP contribution in [0.1, 0.15) is 73.1 Å². The van der Waals surface area contributed by atoms with Gasteiger partial charge in [0.05, 0.1) is 12.2 Å². The predicted octanol–water partition coefficient (Wildman–Crippen LogP) is 4.39. The lowest BCUT2D eigenvalue weighted by atomic mass is 9.74. The van der Waals surface area contributed by atoms with Crippen molar-refractivity contribution in [1.82, 2.24) is 5.32 Å². The van der Waals surface area contributed by atoms with E-state index in [1.807, 2.05) is 0 Å². The minimum Gasteiger partial charge on any atom is -0.373 e. The first kappa shape index (κ1) is 16.3. The van der Waals surface area contributed by atoms with Gasteiger partial charge in [0.25, 0.3) is 0 Å². The van der Waals surface area contributed by atoms with Crippen molar-refractivity contribution in [2.75, 3.05) is 13.2 Å². The largest absolute Gasteiger partial charge is 0.373 e. The van der Waals surface area contributed by atoms with Crippen molar-refractivity contribution in [2.45, 2.75) is 84.3 Å². The van der Waals surface area contributed by atoms with Crippen LogP contribution in [-0.2, 0) is 4.74 Å². The summed E-state index contributed by atoms with van der Waals surface area (Å²) in [5.74, 6) is 2.60. The lowest BCUT2D eigenvalue weighted by Crippen LogP contribution is -2.51. The zero-order chi connectivity index (χ0) is 14.8. The second-order valence-corrected chi connectivity index (χ2v) is 8.62. The summed E-state index contributed by atoms with van der Waals surface area (Å²) in [4.78, 5) is 0. The molecular weight excluding hydrogens is 246 g/mol. The van der Waals surface area contributed by atoms with Crippen LogP contribution in [-0.4, -0.2) is 24.3 Å². The Kier molecular flexibility index (Phi) is 5.18. The fraction of sp³-hybridized carbons (Fsp3) is 1.00. The maximum Gasteiger partial charge on any atom is 0.0806 e. The highest BCUT2D eigenvalue weighted by Crippen LogP contribution is 2.40. The van der Waals surface area contributed by atoms with Gasteiger partial charge in [-0.05, 0) is 77.0 Å². The van der Waals surface area contributed by atoms with E-state index >= 15 is 0 Å². The summed E-state index contributed by atoms with van der Waals surface area (Å²) >= 11 is 0. The second kappa shape index (κ2) is 6.36. The first-order valence-electron chi connectivity index (χ1n) is 8.69. The summed E-state index contributed by atoms with van der Waals surface area (Å²) in [5, 5.41) is 3.70. The summed E-state index contributed by atoms with van der Waals surface area (Å²) in [6.07, 6.45) is 7.94. The third-order valence-electron chi connectivity index (χ3n) is 5.15. The molecule has 0 aromatic rings. The van der Waals surface area contributed by atoms with Crippen LogP contribution in [0.4, 0.5) is 0 Å². The molecule has 0 aliphatic heterocycles. The molecule has 0 amide bonds. The third kappa shape index (κ3) is 5.04. The Morgan fingerprint density at radius 2 is 1.70 bits per heavy atom. The van der Waals surface area contributed by atoms with Gasteiger partial charge < -0.3 is 10.1 Å².